The van der Waals surface area contributed by atoms with Crippen molar-refractivity contribution >= 4 is 5.78 Å². The van der Waals surface area contributed by atoms with Crippen LogP contribution in [0.3, 0.4) is 0 Å². The van der Waals surface area contributed by atoms with Crippen LogP contribution in [0.15, 0.2) is 18.2 Å². The van der Waals surface area contributed by atoms with Crippen LogP contribution in [0.25, 0.3) is 0 Å². The topological polar surface area (TPSA) is 23.6 Å². The molecule has 0 N–H and O–H groups in total. The fraction of sp³-hybridized carbons (Fsp3) is 0.588. The van der Waals surface area contributed by atoms with E-state index in [-0.39, 0.29) is 11.6 Å². The summed E-state index contributed by atoms with van der Waals surface area (Å²) < 4.78 is 13.5. The van der Waals surface area contributed by atoms with Gasteiger partial charge in [0.15, 0.2) is 5.78 Å². The number of piperazine rings is 1. The first-order valence-corrected chi connectivity index (χ1v) is 7.89. The van der Waals surface area contributed by atoms with Crippen molar-refractivity contribution in [3.63, 3.8) is 0 Å². The van der Waals surface area contributed by atoms with Gasteiger partial charge in [0.05, 0.1) is 0 Å². The van der Waals surface area contributed by atoms with E-state index in [9.17, 15) is 9.18 Å². The van der Waals surface area contributed by atoms with E-state index in [2.05, 4.69) is 9.80 Å². The molecule has 2 heterocycles. The third-order valence-corrected chi connectivity index (χ3v) is 4.82. The van der Waals surface area contributed by atoms with Gasteiger partial charge in [0, 0.05) is 44.2 Å². The maximum atomic E-state index is 13.5. The van der Waals surface area contributed by atoms with Gasteiger partial charge in [0.1, 0.15) is 5.82 Å². The molecule has 0 aromatic heterocycles. The molecule has 0 amide bonds. The zero-order valence-electron chi connectivity index (χ0n) is 12.6. The van der Waals surface area contributed by atoms with Gasteiger partial charge in [0.2, 0.25) is 0 Å². The van der Waals surface area contributed by atoms with Crippen LogP contribution in [-0.4, -0.2) is 54.3 Å². The SMILES string of the molecule is Cc1ccc(C(=O)CCN2CCN3CCCC3C2)cc1F. The second-order valence-electron chi connectivity index (χ2n) is 6.27. The highest BCUT2D eigenvalue weighted by Crippen LogP contribution is 2.21. The number of carbonyl (C=O) groups is 1. The summed E-state index contributed by atoms with van der Waals surface area (Å²) in [4.78, 5) is 17.1. The number of aryl methyl sites for hydroxylation is 1. The minimum Gasteiger partial charge on any atom is -0.300 e. The molecule has 0 spiro atoms. The number of halogens is 1. The first-order valence-electron chi connectivity index (χ1n) is 7.89. The Bertz CT molecular complexity index is 532. The number of ketones is 1. The Morgan fingerprint density at radius 3 is 3.00 bits per heavy atom. The molecule has 0 bridgehead atoms. The van der Waals surface area contributed by atoms with E-state index in [4.69, 9.17) is 0 Å². The predicted molar refractivity (Wildman–Crippen MR) is 81.1 cm³/mol. The molecule has 0 saturated carbocycles. The second kappa shape index (κ2) is 6.24. The van der Waals surface area contributed by atoms with E-state index in [1.807, 2.05) is 0 Å². The molecule has 2 aliphatic rings. The lowest BCUT2D eigenvalue weighted by atomic mass is 10.1. The van der Waals surface area contributed by atoms with Gasteiger partial charge in [-0.3, -0.25) is 9.69 Å². The van der Waals surface area contributed by atoms with Crippen LogP contribution in [0.1, 0.15) is 35.2 Å². The second-order valence-corrected chi connectivity index (χ2v) is 6.27. The summed E-state index contributed by atoms with van der Waals surface area (Å²) >= 11 is 0. The molecule has 2 fully saturated rings. The van der Waals surface area contributed by atoms with Gasteiger partial charge < -0.3 is 4.90 Å². The molecular formula is C17H23FN2O. The molecule has 1 aromatic carbocycles. The zero-order chi connectivity index (χ0) is 14.8. The monoisotopic (exact) mass is 290 g/mol. The van der Waals surface area contributed by atoms with E-state index in [0.29, 0.717) is 23.6 Å². The number of fused-ring (bicyclic) bond motifs is 1. The summed E-state index contributed by atoms with van der Waals surface area (Å²) in [5.74, 6) is -0.247. The fourth-order valence-electron chi connectivity index (χ4n) is 3.43. The van der Waals surface area contributed by atoms with E-state index in [1.165, 1.54) is 25.5 Å². The normalized spacial score (nSPS) is 23.2. The average molecular weight is 290 g/mol. The molecule has 4 heteroatoms. The highest BCUT2D eigenvalue weighted by Gasteiger charge is 2.30. The molecule has 1 unspecified atom stereocenters. The van der Waals surface area contributed by atoms with Crippen molar-refractivity contribution in [2.45, 2.75) is 32.2 Å². The lowest BCUT2D eigenvalue weighted by Crippen LogP contribution is -2.50. The Balaban J connectivity index is 1.52. The van der Waals surface area contributed by atoms with Crippen molar-refractivity contribution in [2.75, 3.05) is 32.7 Å². The number of hydrogen-bond acceptors (Lipinski definition) is 3. The third-order valence-electron chi connectivity index (χ3n) is 4.82. The summed E-state index contributed by atoms with van der Waals surface area (Å²) in [6.07, 6.45) is 3.07. The van der Waals surface area contributed by atoms with Crippen molar-refractivity contribution in [1.82, 2.24) is 9.80 Å². The summed E-state index contributed by atoms with van der Waals surface area (Å²) in [7, 11) is 0. The van der Waals surface area contributed by atoms with Gasteiger partial charge in [-0.05, 0) is 37.9 Å². The van der Waals surface area contributed by atoms with Crippen LogP contribution in [0.5, 0.6) is 0 Å². The van der Waals surface area contributed by atoms with Crippen LogP contribution in [0.4, 0.5) is 4.39 Å². The number of Topliss-reactive ketones (excluding diaryl/α,β-unsaturated/α-hetero) is 1. The maximum Gasteiger partial charge on any atom is 0.164 e. The first kappa shape index (κ1) is 14.7. The van der Waals surface area contributed by atoms with Crippen molar-refractivity contribution in [2.24, 2.45) is 0 Å². The number of rotatable bonds is 4. The van der Waals surface area contributed by atoms with Crippen LogP contribution in [0, 0.1) is 12.7 Å². The Morgan fingerprint density at radius 1 is 1.33 bits per heavy atom. The Hall–Kier alpha value is -1.26. The van der Waals surface area contributed by atoms with Gasteiger partial charge >= 0.3 is 0 Å². The number of carbonyl (C=O) groups excluding carboxylic acids is 1. The highest BCUT2D eigenvalue weighted by atomic mass is 19.1. The quantitative estimate of drug-likeness (QED) is 0.796. The fourth-order valence-corrected chi connectivity index (χ4v) is 3.43. The first-order chi connectivity index (χ1) is 10.1. The van der Waals surface area contributed by atoms with Gasteiger partial charge in [-0.15, -0.1) is 0 Å². The molecule has 114 valence electrons. The molecule has 21 heavy (non-hydrogen) atoms. The smallest absolute Gasteiger partial charge is 0.164 e. The van der Waals surface area contributed by atoms with E-state index >= 15 is 0 Å². The summed E-state index contributed by atoms with van der Waals surface area (Å²) in [5.41, 5.74) is 1.08. The van der Waals surface area contributed by atoms with Crippen LogP contribution in [-0.2, 0) is 0 Å². The van der Waals surface area contributed by atoms with Gasteiger partial charge in [-0.25, -0.2) is 4.39 Å². The molecule has 1 aromatic rings. The maximum absolute atomic E-state index is 13.5. The molecule has 0 aliphatic carbocycles. The molecule has 2 saturated heterocycles. The zero-order valence-corrected chi connectivity index (χ0v) is 12.6. The van der Waals surface area contributed by atoms with Crippen LogP contribution in [0.2, 0.25) is 0 Å². The van der Waals surface area contributed by atoms with Crippen LogP contribution >= 0.6 is 0 Å². The molecule has 3 rings (SSSR count). The molecule has 1 atom stereocenters. The van der Waals surface area contributed by atoms with Gasteiger partial charge in [0.25, 0.3) is 0 Å². The van der Waals surface area contributed by atoms with Crippen molar-refractivity contribution in [1.29, 1.82) is 0 Å². The third kappa shape index (κ3) is 3.33. The van der Waals surface area contributed by atoms with Gasteiger partial charge in [-0.1, -0.05) is 12.1 Å². The summed E-state index contributed by atoms with van der Waals surface area (Å²) in [6, 6.07) is 5.47. The molecule has 3 nitrogen and oxygen atoms in total. The number of nitrogens with zero attached hydrogens (tertiary/aromatic N) is 2. The van der Waals surface area contributed by atoms with Crippen molar-refractivity contribution in [3.05, 3.63) is 35.1 Å². The van der Waals surface area contributed by atoms with Crippen molar-refractivity contribution in [3.8, 4) is 0 Å². The Labute approximate surface area is 125 Å². The number of benzene rings is 1. The standard InChI is InChI=1S/C17H23FN2O/c1-13-4-5-14(11-16(13)18)17(21)6-8-19-9-10-20-7-2-3-15(20)12-19/h4-5,11,15H,2-3,6-10,12H2,1H3. The molecule has 0 radical (unpaired) electrons. The van der Waals surface area contributed by atoms with E-state index in [1.54, 1.807) is 19.1 Å². The molecule has 2 aliphatic heterocycles. The summed E-state index contributed by atoms with van der Waals surface area (Å²) in [6.45, 7) is 6.99. The average Bonchev–Trinajstić information content (AvgIpc) is 2.95. The number of hydrogen-bond donors (Lipinski definition) is 0. The highest BCUT2D eigenvalue weighted by molar-refractivity contribution is 5.96. The largest absolute Gasteiger partial charge is 0.300 e. The summed E-state index contributed by atoms with van der Waals surface area (Å²) in [5, 5.41) is 0. The predicted octanol–water partition coefficient (Wildman–Crippen LogP) is 2.49. The lowest BCUT2D eigenvalue weighted by molar-refractivity contribution is 0.0871. The Kier molecular flexibility index (Phi) is 4.36. The van der Waals surface area contributed by atoms with E-state index < -0.39 is 0 Å². The minimum atomic E-state index is -0.291. The lowest BCUT2D eigenvalue weighted by Gasteiger charge is -2.37. The molecular weight excluding hydrogens is 267 g/mol. The Morgan fingerprint density at radius 2 is 2.19 bits per heavy atom. The van der Waals surface area contributed by atoms with Crippen molar-refractivity contribution < 1.29 is 9.18 Å². The van der Waals surface area contributed by atoms with Gasteiger partial charge in [-0.2, -0.15) is 0 Å². The van der Waals surface area contributed by atoms with E-state index in [0.717, 1.165) is 26.2 Å². The minimum absolute atomic E-state index is 0.0442. The van der Waals surface area contributed by atoms with Crippen LogP contribution < -0.4 is 0 Å².